The number of allylic oxidation sites excluding steroid dienone is 2. The summed E-state index contributed by atoms with van der Waals surface area (Å²) in [5.41, 5.74) is 0. The molecule has 1 aliphatic rings. The molecule has 0 saturated carbocycles. The molecular formula is C16H30O. The maximum absolute atomic E-state index is 9.80. The van der Waals surface area contributed by atoms with Gasteiger partial charge in [-0.25, -0.2) is 0 Å². The zero-order valence-corrected chi connectivity index (χ0v) is 11.4. The van der Waals surface area contributed by atoms with E-state index in [1.807, 2.05) is 0 Å². The second-order valence-electron chi connectivity index (χ2n) is 5.46. The molecule has 1 nitrogen and oxygen atoms in total. The highest BCUT2D eigenvalue weighted by molar-refractivity contribution is 4.81. The van der Waals surface area contributed by atoms with Crippen LogP contribution in [0.25, 0.3) is 0 Å². The van der Waals surface area contributed by atoms with E-state index in [1.165, 1.54) is 57.8 Å². The molecule has 1 heteroatoms. The van der Waals surface area contributed by atoms with Crippen molar-refractivity contribution < 1.29 is 5.11 Å². The molecule has 0 unspecified atom stereocenters. The standard InChI is InChI=1S/C16H30O/c17-16-14-12-10-8-6-4-2-1-3-5-7-9-11-13-15-16/h6,8,16-17H,1-5,7,9-15H2/t16-/m1/s1. The van der Waals surface area contributed by atoms with Crippen molar-refractivity contribution in [1.82, 2.24) is 0 Å². The molecule has 0 saturated heterocycles. The summed E-state index contributed by atoms with van der Waals surface area (Å²) in [7, 11) is 0. The van der Waals surface area contributed by atoms with Gasteiger partial charge in [0.05, 0.1) is 6.10 Å². The largest absolute Gasteiger partial charge is 0.393 e. The first-order chi connectivity index (χ1) is 8.39. The fourth-order valence-electron chi connectivity index (χ4n) is 2.55. The summed E-state index contributed by atoms with van der Waals surface area (Å²) in [5.74, 6) is 0. The van der Waals surface area contributed by atoms with E-state index in [-0.39, 0.29) is 6.10 Å². The maximum Gasteiger partial charge on any atom is 0.0540 e. The third-order valence-corrected chi connectivity index (χ3v) is 3.73. The second kappa shape index (κ2) is 10.8. The highest BCUT2D eigenvalue weighted by atomic mass is 16.3. The number of aliphatic hydroxyl groups excluding tert-OH is 1. The lowest BCUT2D eigenvalue weighted by atomic mass is 10.0. The Kier molecular flexibility index (Phi) is 9.40. The molecule has 0 aromatic carbocycles. The molecule has 0 bridgehead atoms. The first kappa shape index (κ1) is 14.8. The summed E-state index contributed by atoms with van der Waals surface area (Å²) in [6.07, 6.45) is 21.0. The van der Waals surface area contributed by atoms with E-state index >= 15 is 0 Å². The minimum absolute atomic E-state index is 0.0451. The van der Waals surface area contributed by atoms with Gasteiger partial charge in [0, 0.05) is 0 Å². The Morgan fingerprint density at radius 1 is 0.588 bits per heavy atom. The molecule has 100 valence electrons. The van der Waals surface area contributed by atoms with Crippen LogP contribution in [-0.4, -0.2) is 11.2 Å². The summed E-state index contributed by atoms with van der Waals surface area (Å²) in [5, 5.41) is 9.80. The van der Waals surface area contributed by atoms with Crippen LogP contribution in [0.4, 0.5) is 0 Å². The molecule has 0 aromatic heterocycles. The molecule has 1 atom stereocenters. The van der Waals surface area contributed by atoms with Crippen LogP contribution < -0.4 is 0 Å². The molecule has 1 N–H and O–H groups in total. The highest BCUT2D eigenvalue weighted by Gasteiger charge is 2.03. The molecule has 0 fully saturated rings. The number of aliphatic hydroxyl groups is 1. The van der Waals surface area contributed by atoms with Gasteiger partial charge in [0.2, 0.25) is 0 Å². The van der Waals surface area contributed by atoms with Crippen LogP contribution in [0.5, 0.6) is 0 Å². The Bertz CT molecular complexity index is 186. The lowest BCUT2D eigenvalue weighted by Crippen LogP contribution is -2.05. The zero-order valence-electron chi connectivity index (χ0n) is 11.4. The van der Waals surface area contributed by atoms with Gasteiger partial charge in [0.1, 0.15) is 0 Å². The van der Waals surface area contributed by atoms with Crippen molar-refractivity contribution in [3.63, 3.8) is 0 Å². The van der Waals surface area contributed by atoms with Crippen LogP contribution >= 0.6 is 0 Å². The Morgan fingerprint density at radius 2 is 1.06 bits per heavy atom. The monoisotopic (exact) mass is 238 g/mol. The van der Waals surface area contributed by atoms with Crippen LogP contribution in [-0.2, 0) is 0 Å². The summed E-state index contributed by atoms with van der Waals surface area (Å²) >= 11 is 0. The van der Waals surface area contributed by atoms with E-state index in [9.17, 15) is 5.11 Å². The van der Waals surface area contributed by atoms with Crippen molar-refractivity contribution in [2.24, 2.45) is 0 Å². The van der Waals surface area contributed by atoms with Crippen LogP contribution in [0.15, 0.2) is 12.2 Å². The van der Waals surface area contributed by atoms with E-state index in [0.29, 0.717) is 0 Å². The van der Waals surface area contributed by atoms with Gasteiger partial charge in [-0.2, -0.15) is 0 Å². The van der Waals surface area contributed by atoms with E-state index in [2.05, 4.69) is 12.2 Å². The van der Waals surface area contributed by atoms with Crippen LogP contribution in [0.1, 0.15) is 83.5 Å². The van der Waals surface area contributed by atoms with Crippen molar-refractivity contribution in [2.45, 2.75) is 89.6 Å². The molecule has 0 aliphatic heterocycles. The second-order valence-corrected chi connectivity index (χ2v) is 5.46. The normalized spacial score (nSPS) is 26.8. The Hall–Kier alpha value is -0.300. The third kappa shape index (κ3) is 9.41. The van der Waals surface area contributed by atoms with Gasteiger partial charge in [0.15, 0.2) is 0 Å². The van der Waals surface area contributed by atoms with Crippen LogP contribution in [0.2, 0.25) is 0 Å². The smallest absolute Gasteiger partial charge is 0.0540 e. The van der Waals surface area contributed by atoms with Gasteiger partial charge >= 0.3 is 0 Å². The van der Waals surface area contributed by atoms with Crippen molar-refractivity contribution in [2.75, 3.05) is 0 Å². The first-order valence-corrected chi connectivity index (χ1v) is 7.72. The molecule has 1 rings (SSSR count). The van der Waals surface area contributed by atoms with E-state index in [1.54, 1.807) is 0 Å². The van der Waals surface area contributed by atoms with Gasteiger partial charge < -0.3 is 5.11 Å². The Labute approximate surface area is 107 Å². The predicted molar refractivity (Wildman–Crippen MR) is 75.2 cm³/mol. The molecule has 0 amide bonds. The number of hydrogen-bond acceptors (Lipinski definition) is 1. The van der Waals surface area contributed by atoms with Gasteiger partial charge in [-0.1, -0.05) is 57.1 Å². The van der Waals surface area contributed by atoms with Crippen LogP contribution in [0.3, 0.4) is 0 Å². The van der Waals surface area contributed by atoms with Crippen molar-refractivity contribution in [3.8, 4) is 0 Å². The van der Waals surface area contributed by atoms with Crippen molar-refractivity contribution in [1.29, 1.82) is 0 Å². The summed E-state index contributed by atoms with van der Waals surface area (Å²) in [4.78, 5) is 0. The Morgan fingerprint density at radius 3 is 1.76 bits per heavy atom. The third-order valence-electron chi connectivity index (χ3n) is 3.73. The van der Waals surface area contributed by atoms with Gasteiger partial charge in [-0.05, 0) is 38.5 Å². The minimum atomic E-state index is -0.0451. The SMILES string of the molecule is O[C@@H]1CCCC=CCCCCCCCCCC1. The average molecular weight is 238 g/mol. The zero-order chi connectivity index (χ0) is 12.2. The summed E-state index contributed by atoms with van der Waals surface area (Å²) < 4.78 is 0. The van der Waals surface area contributed by atoms with E-state index < -0.39 is 0 Å². The van der Waals surface area contributed by atoms with E-state index in [0.717, 1.165) is 25.7 Å². The van der Waals surface area contributed by atoms with Crippen molar-refractivity contribution >= 4 is 0 Å². The fourth-order valence-corrected chi connectivity index (χ4v) is 2.55. The minimum Gasteiger partial charge on any atom is -0.393 e. The predicted octanol–water partition coefficient (Wildman–Crippen LogP) is 4.99. The number of rotatable bonds is 0. The molecule has 0 heterocycles. The lowest BCUT2D eigenvalue weighted by Gasteiger charge is -2.09. The molecule has 0 aromatic rings. The first-order valence-electron chi connectivity index (χ1n) is 7.72. The summed E-state index contributed by atoms with van der Waals surface area (Å²) in [6.45, 7) is 0. The van der Waals surface area contributed by atoms with Gasteiger partial charge in [-0.15, -0.1) is 0 Å². The van der Waals surface area contributed by atoms with Crippen LogP contribution in [0, 0.1) is 0 Å². The highest BCUT2D eigenvalue weighted by Crippen LogP contribution is 2.14. The fraction of sp³-hybridized carbons (Fsp3) is 0.875. The molecular weight excluding hydrogens is 208 g/mol. The average Bonchev–Trinajstić information content (AvgIpc) is 2.32. The lowest BCUT2D eigenvalue weighted by molar-refractivity contribution is 0.148. The number of hydrogen-bond donors (Lipinski definition) is 1. The Balaban J connectivity index is 2.16. The maximum atomic E-state index is 9.80. The molecule has 0 spiro atoms. The topological polar surface area (TPSA) is 20.2 Å². The van der Waals surface area contributed by atoms with Gasteiger partial charge in [0.25, 0.3) is 0 Å². The molecule has 17 heavy (non-hydrogen) atoms. The molecule has 1 aliphatic carbocycles. The quantitative estimate of drug-likeness (QED) is 0.590. The van der Waals surface area contributed by atoms with E-state index in [4.69, 9.17) is 0 Å². The van der Waals surface area contributed by atoms with Crippen molar-refractivity contribution in [3.05, 3.63) is 12.2 Å². The molecule has 0 radical (unpaired) electrons. The summed E-state index contributed by atoms with van der Waals surface area (Å²) in [6, 6.07) is 0. The van der Waals surface area contributed by atoms with Gasteiger partial charge in [-0.3, -0.25) is 0 Å².